The van der Waals surface area contributed by atoms with E-state index in [1.54, 1.807) is 6.07 Å². The van der Waals surface area contributed by atoms with E-state index in [-0.39, 0.29) is 5.91 Å². The molecular weight excluding hydrogens is 288 g/mol. The van der Waals surface area contributed by atoms with Gasteiger partial charge in [-0.2, -0.15) is 0 Å². The number of nitrogens with one attached hydrogen (secondary N) is 1. The second-order valence-corrected chi connectivity index (χ2v) is 6.78. The summed E-state index contributed by atoms with van der Waals surface area (Å²) in [5.41, 5.74) is 2.76. The highest BCUT2D eigenvalue weighted by molar-refractivity contribution is 5.93. The Morgan fingerprint density at radius 2 is 1.78 bits per heavy atom. The fraction of sp³-hybridized carbons (Fsp3) is 0.474. The fourth-order valence-corrected chi connectivity index (χ4v) is 3.36. The first-order chi connectivity index (χ1) is 11.3. The van der Waals surface area contributed by atoms with Gasteiger partial charge in [-0.05, 0) is 37.2 Å². The van der Waals surface area contributed by atoms with Gasteiger partial charge in [-0.25, -0.2) is 0 Å². The fourth-order valence-electron chi connectivity index (χ4n) is 3.36. The van der Waals surface area contributed by atoms with Crippen LogP contribution >= 0.6 is 0 Å². The summed E-state index contributed by atoms with van der Waals surface area (Å²) in [4.78, 5) is 12.0. The summed E-state index contributed by atoms with van der Waals surface area (Å²) in [6.07, 6.45) is 8.79. The van der Waals surface area contributed by atoms with Gasteiger partial charge in [0, 0.05) is 17.7 Å². The predicted octanol–water partition coefficient (Wildman–Crippen LogP) is 4.28. The molecule has 0 atom stereocenters. The van der Waals surface area contributed by atoms with Gasteiger partial charge >= 0.3 is 0 Å². The lowest BCUT2D eigenvalue weighted by molar-refractivity contribution is 0.0942. The van der Waals surface area contributed by atoms with Crippen LogP contribution in [0, 0.1) is 0 Å². The van der Waals surface area contributed by atoms with Crippen LogP contribution in [0.3, 0.4) is 0 Å². The van der Waals surface area contributed by atoms with Gasteiger partial charge in [0.2, 0.25) is 0 Å². The minimum absolute atomic E-state index is 0.138. The van der Waals surface area contributed by atoms with Gasteiger partial charge in [-0.15, -0.1) is 0 Å². The molecular formula is C19H22N2O2. The van der Waals surface area contributed by atoms with Crippen LogP contribution in [-0.2, 0) is 0 Å². The quantitative estimate of drug-likeness (QED) is 0.917. The van der Waals surface area contributed by atoms with E-state index in [1.807, 2.05) is 0 Å². The maximum absolute atomic E-state index is 12.0. The molecule has 0 aliphatic heterocycles. The van der Waals surface area contributed by atoms with Gasteiger partial charge in [-0.3, -0.25) is 4.79 Å². The van der Waals surface area contributed by atoms with Crippen LogP contribution in [0.4, 0.5) is 0 Å². The van der Waals surface area contributed by atoms with Crippen LogP contribution in [0.15, 0.2) is 34.9 Å². The Kier molecular flexibility index (Phi) is 3.90. The summed E-state index contributed by atoms with van der Waals surface area (Å²) in [5.74, 6) is 1.22. The number of carbonyl (C=O) groups excluding carboxylic acids is 1. The van der Waals surface area contributed by atoms with Gasteiger partial charge in [0.15, 0.2) is 11.5 Å². The Hall–Kier alpha value is -2.10. The van der Waals surface area contributed by atoms with Crippen LogP contribution in [0.2, 0.25) is 0 Å². The van der Waals surface area contributed by atoms with Crippen molar-refractivity contribution in [2.24, 2.45) is 0 Å². The van der Waals surface area contributed by atoms with E-state index in [9.17, 15) is 4.79 Å². The Morgan fingerprint density at radius 3 is 2.48 bits per heavy atom. The molecule has 1 aromatic heterocycles. The average Bonchev–Trinajstić information content (AvgIpc) is 3.27. The van der Waals surface area contributed by atoms with Gasteiger partial charge < -0.3 is 9.84 Å². The molecule has 4 rings (SSSR count). The van der Waals surface area contributed by atoms with Gasteiger partial charge in [0.1, 0.15) is 0 Å². The summed E-state index contributed by atoms with van der Waals surface area (Å²) >= 11 is 0. The molecule has 0 bridgehead atoms. The molecule has 4 heteroatoms. The molecule has 0 unspecified atom stereocenters. The van der Waals surface area contributed by atoms with Gasteiger partial charge in [0.05, 0.1) is 0 Å². The van der Waals surface area contributed by atoms with Crippen molar-refractivity contribution in [2.75, 3.05) is 0 Å². The third-order valence-corrected chi connectivity index (χ3v) is 4.93. The number of hydrogen-bond acceptors (Lipinski definition) is 3. The topological polar surface area (TPSA) is 55.1 Å². The van der Waals surface area contributed by atoms with E-state index in [1.165, 1.54) is 37.7 Å². The maximum atomic E-state index is 12.0. The zero-order valence-electron chi connectivity index (χ0n) is 13.3. The number of amides is 1. The van der Waals surface area contributed by atoms with Crippen LogP contribution in [0.1, 0.15) is 66.9 Å². The second-order valence-electron chi connectivity index (χ2n) is 6.78. The lowest BCUT2D eigenvalue weighted by Crippen LogP contribution is -2.25. The number of aromatic nitrogens is 1. The molecule has 1 amide bonds. The number of benzene rings is 1. The normalized spacial score (nSPS) is 18.8. The van der Waals surface area contributed by atoms with Gasteiger partial charge in [-0.1, -0.05) is 48.7 Å². The van der Waals surface area contributed by atoms with Crippen molar-refractivity contribution in [3.63, 3.8) is 0 Å². The highest BCUT2D eigenvalue weighted by Gasteiger charge is 2.25. The first kappa shape index (κ1) is 14.5. The maximum Gasteiger partial charge on any atom is 0.273 e. The summed E-state index contributed by atoms with van der Waals surface area (Å²) < 4.78 is 5.35. The minimum atomic E-state index is -0.138. The van der Waals surface area contributed by atoms with Gasteiger partial charge in [0.25, 0.3) is 5.91 Å². The van der Waals surface area contributed by atoms with E-state index in [2.05, 4.69) is 34.7 Å². The average molecular weight is 310 g/mol. The van der Waals surface area contributed by atoms with Crippen molar-refractivity contribution < 1.29 is 9.32 Å². The molecule has 2 aliphatic rings. The molecule has 0 saturated heterocycles. The van der Waals surface area contributed by atoms with E-state index in [4.69, 9.17) is 4.52 Å². The highest BCUT2D eigenvalue weighted by atomic mass is 16.5. The first-order valence-corrected chi connectivity index (χ1v) is 8.67. The van der Waals surface area contributed by atoms with Crippen LogP contribution in [0.25, 0.3) is 11.3 Å². The monoisotopic (exact) mass is 310 g/mol. The van der Waals surface area contributed by atoms with Crippen molar-refractivity contribution in [2.45, 2.75) is 56.9 Å². The van der Waals surface area contributed by atoms with Crippen molar-refractivity contribution in [1.82, 2.24) is 10.5 Å². The predicted molar refractivity (Wildman–Crippen MR) is 88.3 cm³/mol. The SMILES string of the molecule is O=C(NC1CC1)c1cc(-c2ccc(C3CCCCC3)cc2)on1. The number of carbonyl (C=O) groups is 1. The Bertz CT molecular complexity index is 680. The van der Waals surface area contributed by atoms with Crippen LogP contribution in [0.5, 0.6) is 0 Å². The molecule has 0 radical (unpaired) electrons. The molecule has 2 saturated carbocycles. The summed E-state index contributed by atoms with van der Waals surface area (Å²) in [7, 11) is 0. The lowest BCUT2D eigenvalue weighted by atomic mass is 9.84. The molecule has 1 N–H and O–H groups in total. The van der Waals surface area contributed by atoms with Crippen LogP contribution in [-0.4, -0.2) is 17.1 Å². The molecule has 1 heterocycles. The van der Waals surface area contributed by atoms with Crippen molar-refractivity contribution >= 4 is 5.91 Å². The van der Waals surface area contributed by atoms with Crippen LogP contribution < -0.4 is 5.32 Å². The third-order valence-electron chi connectivity index (χ3n) is 4.93. The highest BCUT2D eigenvalue weighted by Crippen LogP contribution is 2.33. The van der Waals surface area contributed by atoms with Crippen molar-refractivity contribution in [3.05, 3.63) is 41.6 Å². The van der Waals surface area contributed by atoms with E-state index in [0.29, 0.717) is 23.4 Å². The molecule has 120 valence electrons. The molecule has 0 spiro atoms. The number of hydrogen-bond donors (Lipinski definition) is 1. The third kappa shape index (κ3) is 3.31. The second kappa shape index (κ2) is 6.19. The van der Waals surface area contributed by atoms with Crippen molar-refractivity contribution in [1.29, 1.82) is 0 Å². The molecule has 1 aromatic carbocycles. The summed E-state index contributed by atoms with van der Waals surface area (Å²) in [6.45, 7) is 0. The summed E-state index contributed by atoms with van der Waals surface area (Å²) in [6, 6.07) is 10.6. The van der Waals surface area contributed by atoms with Crippen molar-refractivity contribution in [3.8, 4) is 11.3 Å². The molecule has 2 aromatic rings. The van der Waals surface area contributed by atoms with E-state index < -0.39 is 0 Å². The van der Waals surface area contributed by atoms with E-state index >= 15 is 0 Å². The Morgan fingerprint density at radius 1 is 1.04 bits per heavy atom. The Balaban J connectivity index is 1.47. The minimum Gasteiger partial charge on any atom is -0.355 e. The smallest absolute Gasteiger partial charge is 0.273 e. The first-order valence-electron chi connectivity index (χ1n) is 8.67. The summed E-state index contributed by atoms with van der Waals surface area (Å²) in [5, 5.41) is 6.82. The largest absolute Gasteiger partial charge is 0.355 e. The molecule has 2 fully saturated rings. The van der Waals surface area contributed by atoms with E-state index in [0.717, 1.165) is 18.4 Å². The standard InChI is InChI=1S/C19H22N2O2/c22-19(20-16-10-11-16)17-12-18(23-21-17)15-8-6-14(7-9-15)13-4-2-1-3-5-13/h6-9,12-13,16H,1-5,10-11H2,(H,20,22). The zero-order valence-corrected chi connectivity index (χ0v) is 13.3. The molecule has 23 heavy (non-hydrogen) atoms. The Labute approximate surface area is 136 Å². The number of nitrogens with zero attached hydrogens (tertiary/aromatic N) is 1. The molecule has 2 aliphatic carbocycles. The zero-order chi connectivity index (χ0) is 15.6. The lowest BCUT2D eigenvalue weighted by Gasteiger charge is -2.21. The number of rotatable bonds is 4. The molecule has 4 nitrogen and oxygen atoms in total.